The molecule has 0 bridgehead atoms. The van der Waals surface area contributed by atoms with Crippen LogP contribution in [0.5, 0.6) is 0 Å². The van der Waals surface area contributed by atoms with Crippen molar-refractivity contribution in [3.8, 4) is 0 Å². The monoisotopic (exact) mass is 420 g/mol. The molecule has 0 saturated carbocycles. The van der Waals surface area contributed by atoms with Crippen LogP contribution in [0.3, 0.4) is 0 Å². The first-order valence-electron chi connectivity index (χ1n) is 9.89. The second-order valence-electron chi connectivity index (χ2n) is 7.55. The van der Waals surface area contributed by atoms with E-state index in [-0.39, 0.29) is 11.7 Å². The molecular formula is C18H24N6O4S. The molecule has 5 rings (SSSR count). The summed E-state index contributed by atoms with van der Waals surface area (Å²) in [6, 6.07) is 0.252. The molecule has 5 heterocycles. The highest BCUT2D eigenvalue weighted by Gasteiger charge is 2.30. The minimum Gasteiger partial charge on any atom is -0.381 e. The number of nitrogens with zero attached hydrogens (tertiary/aromatic N) is 5. The van der Waals surface area contributed by atoms with E-state index in [1.54, 1.807) is 6.20 Å². The predicted octanol–water partition coefficient (Wildman–Crippen LogP) is -0.0689. The molecule has 156 valence electrons. The smallest absolute Gasteiger partial charge is 0.228 e. The lowest BCUT2D eigenvalue weighted by Gasteiger charge is -2.29. The summed E-state index contributed by atoms with van der Waals surface area (Å²) in [5.41, 5.74) is 1.09. The van der Waals surface area contributed by atoms with Crippen molar-refractivity contribution in [3.63, 3.8) is 0 Å². The van der Waals surface area contributed by atoms with Gasteiger partial charge in [-0.15, -0.1) is 0 Å². The maximum atomic E-state index is 12.5. The zero-order valence-electron chi connectivity index (χ0n) is 16.0. The molecule has 1 atom stereocenters. The van der Waals surface area contributed by atoms with Gasteiger partial charge in [0, 0.05) is 50.7 Å². The molecule has 11 heteroatoms. The number of anilines is 2. The van der Waals surface area contributed by atoms with Gasteiger partial charge in [-0.25, -0.2) is 9.97 Å². The fraction of sp³-hybridized carbons (Fsp3) is 0.611. The van der Waals surface area contributed by atoms with Crippen LogP contribution in [0.15, 0.2) is 11.1 Å². The Kier molecular flexibility index (Phi) is 4.98. The molecule has 2 aromatic rings. The van der Waals surface area contributed by atoms with E-state index in [0.29, 0.717) is 56.8 Å². The summed E-state index contributed by atoms with van der Waals surface area (Å²) in [7, 11) is -1.07. The van der Waals surface area contributed by atoms with Gasteiger partial charge in [0.15, 0.2) is 6.29 Å². The number of ether oxygens (including phenoxy) is 1. The number of hydrogen-bond donors (Lipinski definition) is 3. The van der Waals surface area contributed by atoms with Gasteiger partial charge in [0.05, 0.1) is 23.0 Å². The summed E-state index contributed by atoms with van der Waals surface area (Å²) in [6.45, 7) is 3.25. The van der Waals surface area contributed by atoms with Gasteiger partial charge in [-0.3, -0.25) is 4.21 Å². The number of fused-ring (bicyclic) bond motifs is 2. The van der Waals surface area contributed by atoms with Gasteiger partial charge in [-0.2, -0.15) is 4.98 Å². The number of aliphatic hydroxyl groups excluding tert-OH is 1. The highest BCUT2D eigenvalue weighted by molar-refractivity contribution is 7.85. The third-order valence-electron chi connectivity index (χ3n) is 5.61. The van der Waals surface area contributed by atoms with E-state index in [1.807, 2.05) is 9.47 Å². The zero-order chi connectivity index (χ0) is 20.0. The molecule has 1 fully saturated rings. The number of hydrogen-bond acceptors (Lipinski definition) is 9. The van der Waals surface area contributed by atoms with E-state index in [0.717, 1.165) is 29.3 Å². The van der Waals surface area contributed by atoms with Crippen LogP contribution in [-0.4, -0.2) is 65.5 Å². The molecule has 0 aromatic carbocycles. The van der Waals surface area contributed by atoms with Gasteiger partial charge < -0.3 is 29.7 Å². The average Bonchev–Trinajstić information content (AvgIpc) is 3.32. The lowest BCUT2D eigenvalue weighted by atomic mass is 10.1. The number of aliphatic hydroxyl groups is 2. The highest BCUT2D eigenvalue weighted by atomic mass is 32.2. The number of imidazole rings is 1. The number of rotatable bonds is 4. The summed E-state index contributed by atoms with van der Waals surface area (Å²) in [4.78, 5) is 16.6. The van der Waals surface area contributed by atoms with Crippen molar-refractivity contribution in [1.29, 1.82) is 0 Å². The Morgan fingerprint density at radius 1 is 1.21 bits per heavy atom. The van der Waals surface area contributed by atoms with Gasteiger partial charge in [0.1, 0.15) is 22.2 Å². The molecule has 0 aliphatic carbocycles. The van der Waals surface area contributed by atoms with Crippen LogP contribution in [0.25, 0.3) is 0 Å². The molecule has 10 nitrogen and oxygen atoms in total. The van der Waals surface area contributed by atoms with Crippen LogP contribution >= 0.6 is 0 Å². The Morgan fingerprint density at radius 3 is 2.83 bits per heavy atom. The summed E-state index contributed by atoms with van der Waals surface area (Å²) in [5, 5.41) is 22.2. The molecule has 1 unspecified atom stereocenters. The molecular weight excluding hydrogens is 396 g/mol. The third kappa shape index (κ3) is 3.63. The summed E-state index contributed by atoms with van der Waals surface area (Å²) in [5.74, 6) is 2.59. The number of aryl methyl sites for hydroxylation is 1. The van der Waals surface area contributed by atoms with Crippen molar-refractivity contribution in [3.05, 3.63) is 23.4 Å². The average molecular weight is 420 g/mol. The van der Waals surface area contributed by atoms with E-state index in [9.17, 15) is 14.4 Å². The van der Waals surface area contributed by atoms with Gasteiger partial charge in [0.25, 0.3) is 0 Å². The molecule has 3 N–H and O–H groups in total. The largest absolute Gasteiger partial charge is 0.381 e. The van der Waals surface area contributed by atoms with Gasteiger partial charge in [0.2, 0.25) is 5.95 Å². The lowest BCUT2D eigenvalue weighted by Crippen LogP contribution is -2.35. The Balaban J connectivity index is 1.44. The predicted molar refractivity (Wildman–Crippen MR) is 105 cm³/mol. The molecule has 3 aliphatic rings. The first-order chi connectivity index (χ1) is 14.1. The van der Waals surface area contributed by atoms with Gasteiger partial charge >= 0.3 is 0 Å². The maximum Gasteiger partial charge on any atom is 0.228 e. The maximum absolute atomic E-state index is 12.5. The number of nitrogens with one attached hydrogen (secondary N) is 1. The van der Waals surface area contributed by atoms with Crippen LogP contribution < -0.4 is 10.2 Å². The Bertz CT molecular complexity index is 943. The normalized spacial score (nSPS) is 22.0. The zero-order valence-corrected chi connectivity index (χ0v) is 16.8. The van der Waals surface area contributed by atoms with Crippen LogP contribution in [0.4, 0.5) is 11.8 Å². The lowest BCUT2D eigenvalue weighted by molar-refractivity contribution is -0.0456. The van der Waals surface area contributed by atoms with Crippen molar-refractivity contribution in [1.82, 2.24) is 19.5 Å². The van der Waals surface area contributed by atoms with E-state index in [1.165, 1.54) is 0 Å². The molecule has 0 radical (unpaired) electrons. The van der Waals surface area contributed by atoms with E-state index in [2.05, 4.69) is 10.3 Å². The van der Waals surface area contributed by atoms with Crippen molar-refractivity contribution in [2.24, 2.45) is 0 Å². The minimum absolute atomic E-state index is 0.244. The molecule has 3 aliphatic heterocycles. The molecule has 29 heavy (non-hydrogen) atoms. The summed E-state index contributed by atoms with van der Waals surface area (Å²) in [6.07, 6.45) is 2.57. The van der Waals surface area contributed by atoms with Crippen molar-refractivity contribution >= 4 is 22.6 Å². The topological polar surface area (TPSA) is 126 Å². The molecule has 0 spiro atoms. The van der Waals surface area contributed by atoms with Gasteiger partial charge in [-0.05, 0) is 12.8 Å². The Morgan fingerprint density at radius 2 is 2.03 bits per heavy atom. The van der Waals surface area contributed by atoms with Crippen LogP contribution in [-0.2, 0) is 35.0 Å². The van der Waals surface area contributed by atoms with Crippen molar-refractivity contribution < 1.29 is 19.2 Å². The van der Waals surface area contributed by atoms with Gasteiger partial charge in [-0.1, -0.05) is 0 Å². The van der Waals surface area contributed by atoms with Crippen molar-refractivity contribution in [2.45, 2.75) is 49.6 Å². The summed E-state index contributed by atoms with van der Waals surface area (Å²) < 4.78 is 19.9. The first-order valence-corrected chi connectivity index (χ1v) is 11.2. The molecule has 1 saturated heterocycles. The molecule has 0 amide bonds. The quantitative estimate of drug-likeness (QED) is 0.583. The SMILES string of the molecule is O=S1CCc2nc(N3CCn4cc(C(O)O)nc4C3)nc(NC3CCOCC3)c21. The Labute approximate surface area is 170 Å². The number of aromatic nitrogens is 4. The van der Waals surface area contributed by atoms with E-state index >= 15 is 0 Å². The van der Waals surface area contributed by atoms with Crippen LogP contribution in [0.2, 0.25) is 0 Å². The van der Waals surface area contributed by atoms with Crippen LogP contribution in [0.1, 0.15) is 36.3 Å². The second kappa shape index (κ2) is 7.63. The summed E-state index contributed by atoms with van der Waals surface area (Å²) >= 11 is 0. The standard InChI is InChI=1S/C18H24N6O4S/c25-17(26)13-9-23-4-5-24(10-14(23)20-13)18-21-12-3-8-29(27)15(12)16(22-18)19-11-1-6-28-7-2-11/h9,11,17,25-26H,1-8,10H2,(H,19,21,22). The minimum atomic E-state index is -1.58. The molecule has 2 aromatic heterocycles. The van der Waals surface area contributed by atoms with E-state index < -0.39 is 17.1 Å². The first kappa shape index (κ1) is 18.9. The van der Waals surface area contributed by atoms with Crippen LogP contribution in [0, 0.1) is 0 Å². The Hall–Kier alpha value is -2.08. The fourth-order valence-electron chi connectivity index (χ4n) is 4.03. The highest BCUT2D eigenvalue weighted by Crippen LogP contribution is 2.32. The third-order valence-corrected chi connectivity index (χ3v) is 7.07. The van der Waals surface area contributed by atoms with Crippen molar-refractivity contribution in [2.75, 3.05) is 35.7 Å². The second-order valence-corrected chi connectivity index (χ2v) is 9.06. The van der Waals surface area contributed by atoms with E-state index in [4.69, 9.17) is 14.7 Å². The fourth-order valence-corrected chi connectivity index (χ4v) is 5.34.